The molecular formula is C10H19NO2. The molecule has 0 amide bonds. The Morgan fingerprint density at radius 3 is 2.46 bits per heavy atom. The van der Waals surface area contributed by atoms with E-state index >= 15 is 0 Å². The summed E-state index contributed by atoms with van der Waals surface area (Å²) in [5.74, 6) is -0.348. The van der Waals surface area contributed by atoms with E-state index in [1.165, 1.54) is 7.11 Å². The second-order valence-electron chi connectivity index (χ2n) is 3.69. The Kier molecular flexibility index (Phi) is 4.70. The average Bonchev–Trinajstić information content (AvgIpc) is 2.13. The molecule has 0 aromatic heterocycles. The Bertz CT molecular complexity index is 197. The molecule has 1 N–H and O–H groups in total. The second-order valence-corrected chi connectivity index (χ2v) is 3.69. The van der Waals surface area contributed by atoms with Gasteiger partial charge in [0, 0.05) is 17.7 Å². The Labute approximate surface area is 80.2 Å². The predicted octanol–water partition coefficient (Wildman–Crippen LogP) is 1.49. The topological polar surface area (TPSA) is 38.3 Å². The van der Waals surface area contributed by atoms with Crippen molar-refractivity contribution in [1.29, 1.82) is 0 Å². The van der Waals surface area contributed by atoms with Crippen molar-refractivity contribution >= 4 is 5.97 Å². The van der Waals surface area contributed by atoms with E-state index in [1.54, 1.807) is 0 Å². The van der Waals surface area contributed by atoms with Gasteiger partial charge in [0.25, 0.3) is 0 Å². The minimum Gasteiger partial charge on any atom is -0.466 e. The maximum Gasteiger partial charge on any atom is 0.334 e. The fourth-order valence-corrected chi connectivity index (χ4v) is 0.687. The molecular weight excluding hydrogens is 166 g/mol. The molecule has 0 heterocycles. The van der Waals surface area contributed by atoms with E-state index in [9.17, 15) is 4.79 Å². The largest absolute Gasteiger partial charge is 0.466 e. The summed E-state index contributed by atoms with van der Waals surface area (Å²) in [6.07, 6.45) is 1.00. The van der Waals surface area contributed by atoms with Crippen LogP contribution in [0.25, 0.3) is 0 Å². The monoisotopic (exact) mass is 185 g/mol. The molecule has 13 heavy (non-hydrogen) atoms. The van der Waals surface area contributed by atoms with Gasteiger partial charge in [-0.3, -0.25) is 0 Å². The number of esters is 1. The Morgan fingerprint density at radius 2 is 2.08 bits per heavy atom. The van der Waals surface area contributed by atoms with Crippen LogP contribution in [0, 0.1) is 0 Å². The van der Waals surface area contributed by atoms with Gasteiger partial charge in [0.15, 0.2) is 0 Å². The van der Waals surface area contributed by atoms with Gasteiger partial charge in [-0.2, -0.15) is 0 Å². The molecule has 0 saturated heterocycles. The van der Waals surface area contributed by atoms with Gasteiger partial charge in [-0.05, 0) is 20.3 Å². The molecule has 0 aromatic rings. The summed E-state index contributed by atoms with van der Waals surface area (Å²) in [4.78, 5) is 11.0. The molecule has 0 atom stereocenters. The quantitative estimate of drug-likeness (QED) is 0.521. The molecule has 0 rings (SSSR count). The summed E-state index contributed by atoms with van der Waals surface area (Å²) in [7, 11) is 1.36. The van der Waals surface area contributed by atoms with Crippen molar-refractivity contribution < 1.29 is 9.53 Å². The maximum absolute atomic E-state index is 11.0. The van der Waals surface area contributed by atoms with Gasteiger partial charge in [-0.1, -0.05) is 13.5 Å². The van der Waals surface area contributed by atoms with Crippen molar-refractivity contribution in [3.63, 3.8) is 0 Å². The van der Waals surface area contributed by atoms with Gasteiger partial charge in [-0.15, -0.1) is 0 Å². The zero-order valence-corrected chi connectivity index (χ0v) is 8.94. The van der Waals surface area contributed by atoms with E-state index in [-0.39, 0.29) is 11.5 Å². The van der Waals surface area contributed by atoms with Gasteiger partial charge < -0.3 is 10.1 Å². The lowest BCUT2D eigenvalue weighted by molar-refractivity contribution is -0.136. The van der Waals surface area contributed by atoms with E-state index in [2.05, 4.69) is 37.4 Å². The highest BCUT2D eigenvalue weighted by atomic mass is 16.5. The zero-order valence-electron chi connectivity index (χ0n) is 8.94. The third-order valence-corrected chi connectivity index (χ3v) is 2.14. The first-order chi connectivity index (χ1) is 5.93. The highest BCUT2D eigenvalue weighted by Gasteiger charge is 2.15. The van der Waals surface area contributed by atoms with E-state index in [4.69, 9.17) is 0 Å². The Hall–Kier alpha value is -0.830. The average molecular weight is 185 g/mol. The molecule has 0 aromatic carbocycles. The summed E-state index contributed by atoms with van der Waals surface area (Å²) in [5.41, 5.74) is 0.501. The van der Waals surface area contributed by atoms with Crippen LogP contribution in [0.4, 0.5) is 0 Å². The van der Waals surface area contributed by atoms with Crippen molar-refractivity contribution in [2.24, 2.45) is 0 Å². The van der Waals surface area contributed by atoms with E-state index in [0.717, 1.165) is 6.42 Å². The lowest BCUT2D eigenvalue weighted by Crippen LogP contribution is -2.40. The van der Waals surface area contributed by atoms with E-state index in [1.807, 2.05) is 0 Å². The molecule has 0 unspecified atom stereocenters. The number of carbonyl (C=O) groups is 1. The van der Waals surface area contributed by atoms with Crippen molar-refractivity contribution in [1.82, 2.24) is 5.32 Å². The van der Waals surface area contributed by atoms with Gasteiger partial charge in [-0.25, -0.2) is 4.79 Å². The smallest absolute Gasteiger partial charge is 0.334 e. The second kappa shape index (κ2) is 5.02. The van der Waals surface area contributed by atoms with Crippen LogP contribution in [0.3, 0.4) is 0 Å². The number of rotatable bonds is 5. The van der Waals surface area contributed by atoms with Crippen molar-refractivity contribution in [3.8, 4) is 0 Å². The highest BCUT2D eigenvalue weighted by molar-refractivity contribution is 5.88. The number of methoxy groups -OCH3 is 1. The summed E-state index contributed by atoms with van der Waals surface area (Å²) in [5, 5.41) is 3.22. The first-order valence-electron chi connectivity index (χ1n) is 4.44. The zero-order chi connectivity index (χ0) is 10.5. The van der Waals surface area contributed by atoms with Crippen molar-refractivity contribution in [2.45, 2.75) is 32.7 Å². The lowest BCUT2D eigenvalue weighted by atomic mass is 10.0. The van der Waals surface area contributed by atoms with E-state index in [0.29, 0.717) is 12.1 Å². The molecule has 3 nitrogen and oxygen atoms in total. The molecule has 0 aliphatic carbocycles. The molecule has 0 aliphatic rings. The van der Waals surface area contributed by atoms with E-state index < -0.39 is 0 Å². The number of carbonyl (C=O) groups excluding carboxylic acids is 1. The minimum atomic E-state index is -0.348. The van der Waals surface area contributed by atoms with Gasteiger partial charge in [0.2, 0.25) is 0 Å². The lowest BCUT2D eigenvalue weighted by Gasteiger charge is -2.24. The third-order valence-electron chi connectivity index (χ3n) is 2.14. The Morgan fingerprint density at radius 1 is 1.54 bits per heavy atom. The molecule has 0 radical (unpaired) electrons. The number of hydrogen-bond donors (Lipinski definition) is 1. The molecule has 0 fully saturated rings. The van der Waals surface area contributed by atoms with Gasteiger partial charge >= 0.3 is 5.97 Å². The summed E-state index contributed by atoms with van der Waals surface area (Å²) in [6, 6.07) is 0. The standard InChI is InChI=1S/C10H19NO2/c1-6-10(3,4)11-7-8(2)9(12)13-5/h11H,2,6-7H2,1,3-5H3. The minimum absolute atomic E-state index is 0.0387. The predicted molar refractivity (Wildman–Crippen MR) is 53.5 cm³/mol. The van der Waals surface area contributed by atoms with Crippen LogP contribution >= 0.6 is 0 Å². The van der Waals surface area contributed by atoms with Gasteiger partial charge in [0.05, 0.1) is 7.11 Å². The van der Waals surface area contributed by atoms with Crippen LogP contribution < -0.4 is 5.32 Å². The number of hydrogen-bond acceptors (Lipinski definition) is 3. The van der Waals surface area contributed by atoms with Crippen LogP contribution in [-0.2, 0) is 9.53 Å². The van der Waals surface area contributed by atoms with Crippen LogP contribution in [-0.4, -0.2) is 25.2 Å². The first kappa shape index (κ1) is 12.2. The molecule has 0 aliphatic heterocycles. The van der Waals surface area contributed by atoms with Crippen LogP contribution in [0.5, 0.6) is 0 Å². The van der Waals surface area contributed by atoms with Crippen molar-refractivity contribution in [3.05, 3.63) is 12.2 Å². The summed E-state index contributed by atoms with van der Waals surface area (Å²) in [6.45, 7) is 10.4. The fraction of sp³-hybridized carbons (Fsp3) is 0.700. The Balaban J connectivity index is 3.90. The summed E-state index contributed by atoms with van der Waals surface area (Å²) >= 11 is 0. The molecule has 3 heteroatoms. The van der Waals surface area contributed by atoms with Crippen LogP contribution in [0.1, 0.15) is 27.2 Å². The number of ether oxygens (including phenoxy) is 1. The number of nitrogens with one attached hydrogen (secondary N) is 1. The normalized spacial score (nSPS) is 11.1. The molecule has 0 bridgehead atoms. The van der Waals surface area contributed by atoms with Crippen LogP contribution in [0.2, 0.25) is 0 Å². The molecule has 0 spiro atoms. The SMILES string of the molecule is C=C(CNC(C)(C)CC)C(=O)OC. The molecule has 0 saturated carbocycles. The third kappa shape index (κ3) is 4.68. The summed E-state index contributed by atoms with van der Waals surface area (Å²) < 4.78 is 4.53. The molecule has 76 valence electrons. The first-order valence-corrected chi connectivity index (χ1v) is 4.44. The van der Waals surface area contributed by atoms with Crippen molar-refractivity contribution in [2.75, 3.05) is 13.7 Å². The van der Waals surface area contributed by atoms with Crippen LogP contribution in [0.15, 0.2) is 12.2 Å². The maximum atomic E-state index is 11.0. The van der Waals surface area contributed by atoms with Gasteiger partial charge in [0.1, 0.15) is 0 Å². The fourth-order valence-electron chi connectivity index (χ4n) is 0.687. The highest BCUT2D eigenvalue weighted by Crippen LogP contribution is 2.07.